The van der Waals surface area contributed by atoms with Crippen molar-refractivity contribution in [2.24, 2.45) is 0 Å². The summed E-state index contributed by atoms with van der Waals surface area (Å²) in [6.07, 6.45) is 0. The van der Waals surface area contributed by atoms with E-state index in [1.807, 2.05) is 30.3 Å². The summed E-state index contributed by atoms with van der Waals surface area (Å²) in [5.41, 5.74) is 1.74. The number of halogens is 2. The van der Waals surface area contributed by atoms with Gasteiger partial charge in [-0.3, -0.25) is 4.57 Å². The van der Waals surface area contributed by atoms with Crippen LogP contribution in [0, 0.1) is 0 Å². The van der Waals surface area contributed by atoms with Gasteiger partial charge in [0.1, 0.15) is 0 Å². The topological polar surface area (TPSA) is 56.7 Å². The molecule has 5 nitrogen and oxygen atoms in total. The molecule has 0 bridgehead atoms. The molecular formula is C17H12F2N4OS. The molecule has 0 amide bonds. The molecule has 0 aliphatic rings. The van der Waals surface area contributed by atoms with Gasteiger partial charge in [0, 0.05) is 5.56 Å². The molecule has 0 saturated carbocycles. The summed E-state index contributed by atoms with van der Waals surface area (Å²) < 4.78 is 33.3. The van der Waals surface area contributed by atoms with Gasteiger partial charge in [-0.15, -0.1) is 10.2 Å². The average molecular weight is 358 g/mol. The zero-order valence-electron chi connectivity index (χ0n) is 12.8. The number of benzene rings is 2. The zero-order valence-corrected chi connectivity index (χ0v) is 13.7. The summed E-state index contributed by atoms with van der Waals surface area (Å²) in [6.45, 7) is -2.67. The van der Waals surface area contributed by atoms with Crippen LogP contribution in [0.25, 0.3) is 22.5 Å². The predicted octanol–water partition coefficient (Wildman–Crippen LogP) is 4.77. The van der Waals surface area contributed by atoms with Crippen molar-refractivity contribution in [2.45, 2.75) is 17.5 Å². The Balaban J connectivity index is 1.57. The van der Waals surface area contributed by atoms with E-state index in [1.165, 1.54) is 0 Å². The summed E-state index contributed by atoms with van der Waals surface area (Å²) in [5.74, 6) is 1.02. The number of fused-ring (bicyclic) bond motifs is 1. The largest absolute Gasteiger partial charge is 0.420 e. The van der Waals surface area contributed by atoms with E-state index >= 15 is 0 Å². The molecule has 2 heterocycles. The smallest absolute Gasteiger partial charge is 0.321 e. The molecule has 0 aliphatic heterocycles. The molecule has 0 aliphatic carbocycles. The lowest BCUT2D eigenvalue weighted by Crippen LogP contribution is -2.00. The highest BCUT2D eigenvalue weighted by atomic mass is 32.2. The first kappa shape index (κ1) is 15.8. The van der Waals surface area contributed by atoms with Crippen LogP contribution in [-0.4, -0.2) is 19.7 Å². The number of aromatic nitrogens is 4. The van der Waals surface area contributed by atoms with Gasteiger partial charge in [0.05, 0.1) is 16.8 Å². The fourth-order valence-corrected chi connectivity index (χ4v) is 3.30. The minimum Gasteiger partial charge on any atom is -0.420 e. The molecule has 0 N–H and O–H groups in total. The molecule has 126 valence electrons. The van der Waals surface area contributed by atoms with Gasteiger partial charge >= 0.3 is 6.55 Å². The fourth-order valence-electron chi connectivity index (χ4n) is 2.45. The van der Waals surface area contributed by atoms with Gasteiger partial charge in [-0.2, -0.15) is 8.78 Å². The average Bonchev–Trinajstić information content (AvgIpc) is 3.25. The minimum atomic E-state index is -2.67. The Kier molecular flexibility index (Phi) is 4.19. The Bertz CT molecular complexity index is 1000. The summed E-state index contributed by atoms with van der Waals surface area (Å²) in [4.78, 5) is 4.27. The van der Waals surface area contributed by atoms with Crippen LogP contribution in [0.15, 0.2) is 64.2 Å². The molecule has 8 heteroatoms. The first-order chi connectivity index (χ1) is 12.2. The summed E-state index contributed by atoms with van der Waals surface area (Å²) in [6, 6.07) is 16.2. The number of hydrogen-bond donors (Lipinski definition) is 0. The van der Waals surface area contributed by atoms with E-state index in [1.54, 1.807) is 24.3 Å². The Morgan fingerprint density at radius 1 is 1.00 bits per heavy atom. The SMILES string of the molecule is FC(F)n1c(SCc2nnc(-c3ccccc3)o2)nc2ccccc21. The maximum absolute atomic E-state index is 13.4. The molecule has 0 saturated heterocycles. The molecule has 0 spiro atoms. The van der Waals surface area contributed by atoms with Gasteiger partial charge < -0.3 is 4.42 Å². The van der Waals surface area contributed by atoms with Crippen LogP contribution < -0.4 is 0 Å². The third kappa shape index (κ3) is 3.12. The van der Waals surface area contributed by atoms with Gasteiger partial charge in [-0.25, -0.2) is 4.98 Å². The van der Waals surface area contributed by atoms with Crippen molar-refractivity contribution in [1.29, 1.82) is 0 Å². The van der Waals surface area contributed by atoms with Gasteiger partial charge in [-0.1, -0.05) is 42.1 Å². The standard InChI is InChI=1S/C17H12F2N4OS/c18-16(19)23-13-9-5-4-8-12(13)20-17(23)25-10-14-21-22-15(24-14)11-6-2-1-3-7-11/h1-9,16H,10H2. The highest BCUT2D eigenvalue weighted by molar-refractivity contribution is 7.98. The number of thioether (sulfide) groups is 1. The molecule has 4 aromatic rings. The Hall–Kier alpha value is -2.74. The van der Waals surface area contributed by atoms with E-state index in [9.17, 15) is 8.78 Å². The maximum Gasteiger partial charge on any atom is 0.321 e. The second-order valence-corrected chi connectivity index (χ2v) is 6.13. The van der Waals surface area contributed by atoms with E-state index in [0.29, 0.717) is 22.8 Å². The number of hydrogen-bond acceptors (Lipinski definition) is 5. The van der Waals surface area contributed by atoms with Crippen LogP contribution in [0.4, 0.5) is 8.78 Å². The maximum atomic E-state index is 13.4. The summed E-state index contributed by atoms with van der Waals surface area (Å²) in [7, 11) is 0. The molecule has 0 unspecified atom stereocenters. The van der Waals surface area contributed by atoms with Crippen LogP contribution in [0.1, 0.15) is 12.4 Å². The van der Waals surface area contributed by atoms with Gasteiger partial charge in [-0.05, 0) is 24.3 Å². The van der Waals surface area contributed by atoms with E-state index in [0.717, 1.165) is 21.9 Å². The Morgan fingerprint density at radius 2 is 1.76 bits per heavy atom. The van der Waals surface area contributed by atoms with Crippen molar-refractivity contribution >= 4 is 22.8 Å². The minimum absolute atomic E-state index is 0.218. The first-order valence-electron chi connectivity index (χ1n) is 7.48. The number of rotatable bonds is 5. The Morgan fingerprint density at radius 3 is 2.56 bits per heavy atom. The molecule has 2 aromatic carbocycles. The molecule has 0 radical (unpaired) electrons. The Labute approximate surface area is 145 Å². The van der Waals surface area contributed by atoms with E-state index in [2.05, 4.69) is 15.2 Å². The second kappa shape index (κ2) is 6.64. The highest BCUT2D eigenvalue weighted by Crippen LogP contribution is 2.31. The fraction of sp³-hybridized carbons (Fsp3) is 0.118. The lowest BCUT2D eigenvalue weighted by atomic mass is 10.2. The highest BCUT2D eigenvalue weighted by Gasteiger charge is 2.19. The van der Waals surface area contributed by atoms with Crippen LogP contribution >= 0.6 is 11.8 Å². The molecule has 25 heavy (non-hydrogen) atoms. The predicted molar refractivity (Wildman–Crippen MR) is 90.3 cm³/mol. The van der Waals surface area contributed by atoms with Gasteiger partial charge in [0.15, 0.2) is 5.16 Å². The number of nitrogens with zero attached hydrogens (tertiary/aromatic N) is 4. The monoisotopic (exact) mass is 358 g/mol. The normalized spacial score (nSPS) is 11.5. The second-order valence-electron chi connectivity index (χ2n) is 5.19. The molecule has 2 aromatic heterocycles. The van der Waals surface area contributed by atoms with E-state index in [-0.39, 0.29) is 10.9 Å². The zero-order chi connectivity index (χ0) is 17.2. The van der Waals surface area contributed by atoms with Gasteiger partial charge in [0.2, 0.25) is 11.8 Å². The van der Waals surface area contributed by atoms with Crippen molar-refractivity contribution in [3.05, 3.63) is 60.5 Å². The van der Waals surface area contributed by atoms with Crippen LogP contribution in [0.3, 0.4) is 0 Å². The van der Waals surface area contributed by atoms with Crippen LogP contribution in [0.5, 0.6) is 0 Å². The van der Waals surface area contributed by atoms with E-state index in [4.69, 9.17) is 4.42 Å². The van der Waals surface area contributed by atoms with Crippen molar-refractivity contribution in [3.63, 3.8) is 0 Å². The number of alkyl halides is 2. The lowest BCUT2D eigenvalue weighted by molar-refractivity contribution is 0.0656. The van der Waals surface area contributed by atoms with Crippen molar-refractivity contribution < 1.29 is 13.2 Å². The van der Waals surface area contributed by atoms with Crippen molar-refractivity contribution in [2.75, 3.05) is 0 Å². The third-order valence-corrected chi connectivity index (χ3v) is 4.51. The van der Waals surface area contributed by atoms with E-state index < -0.39 is 6.55 Å². The number of para-hydroxylation sites is 2. The van der Waals surface area contributed by atoms with Gasteiger partial charge in [0.25, 0.3) is 0 Å². The summed E-state index contributed by atoms with van der Waals surface area (Å²) >= 11 is 1.14. The quantitative estimate of drug-likeness (QED) is 0.481. The lowest BCUT2D eigenvalue weighted by Gasteiger charge is -2.05. The van der Waals surface area contributed by atoms with Crippen molar-refractivity contribution in [1.82, 2.24) is 19.7 Å². The summed E-state index contributed by atoms with van der Waals surface area (Å²) in [5, 5.41) is 8.19. The van der Waals surface area contributed by atoms with Crippen LogP contribution in [-0.2, 0) is 5.75 Å². The van der Waals surface area contributed by atoms with Crippen molar-refractivity contribution in [3.8, 4) is 11.5 Å². The third-order valence-electron chi connectivity index (χ3n) is 3.57. The van der Waals surface area contributed by atoms with Crippen LogP contribution in [0.2, 0.25) is 0 Å². The number of imidazole rings is 1. The molecule has 0 fully saturated rings. The first-order valence-corrected chi connectivity index (χ1v) is 8.46. The molecule has 0 atom stereocenters. The molecule has 4 rings (SSSR count). The molecular weight excluding hydrogens is 346 g/mol.